The lowest BCUT2D eigenvalue weighted by Gasteiger charge is -2.09. The molecule has 0 aliphatic heterocycles. The first-order valence-corrected chi connectivity index (χ1v) is 8.22. The number of nitrogen functional groups attached to an aromatic ring is 1. The van der Waals surface area contributed by atoms with Crippen molar-refractivity contribution >= 4 is 15.5 Å². The van der Waals surface area contributed by atoms with Crippen LogP contribution in [0.1, 0.15) is 44.6 Å². The van der Waals surface area contributed by atoms with Crippen LogP contribution in [-0.2, 0) is 9.84 Å². The van der Waals surface area contributed by atoms with E-state index >= 15 is 0 Å². The number of hydrogen-bond donors (Lipinski definition) is 1. The van der Waals surface area contributed by atoms with Gasteiger partial charge in [-0.15, -0.1) is 0 Å². The monoisotopic (exact) mass is 269 g/mol. The van der Waals surface area contributed by atoms with Crippen LogP contribution in [0, 0.1) is 6.92 Å². The minimum absolute atomic E-state index is 0.223. The lowest BCUT2D eigenvalue weighted by atomic mass is 10.2. The highest BCUT2D eigenvalue weighted by Crippen LogP contribution is 2.22. The molecule has 0 aliphatic rings. The van der Waals surface area contributed by atoms with Crippen LogP contribution in [0.25, 0.3) is 0 Å². The van der Waals surface area contributed by atoms with Crippen molar-refractivity contribution in [3.63, 3.8) is 0 Å². The minimum Gasteiger partial charge on any atom is -0.398 e. The van der Waals surface area contributed by atoms with Gasteiger partial charge in [0.1, 0.15) is 0 Å². The largest absolute Gasteiger partial charge is 0.398 e. The van der Waals surface area contributed by atoms with Gasteiger partial charge in [-0.25, -0.2) is 8.42 Å². The lowest BCUT2D eigenvalue weighted by Crippen LogP contribution is -2.09. The van der Waals surface area contributed by atoms with E-state index < -0.39 is 9.84 Å². The molecule has 0 saturated carbocycles. The second kappa shape index (κ2) is 6.78. The molecule has 0 atom stereocenters. The number of sulfone groups is 1. The Bertz CT molecular complexity index is 481. The molecule has 0 heterocycles. The van der Waals surface area contributed by atoms with E-state index in [1.165, 1.54) is 12.8 Å². The molecule has 1 aromatic rings. The zero-order valence-electron chi connectivity index (χ0n) is 11.3. The van der Waals surface area contributed by atoms with Gasteiger partial charge in [0.05, 0.1) is 10.6 Å². The molecule has 2 N–H and O–H groups in total. The zero-order valence-corrected chi connectivity index (χ0v) is 12.1. The molecule has 4 heteroatoms. The predicted octanol–water partition coefficient (Wildman–Crippen LogP) is 3.32. The maximum Gasteiger partial charge on any atom is 0.178 e. The Labute approximate surface area is 110 Å². The van der Waals surface area contributed by atoms with E-state index in [0.717, 1.165) is 19.3 Å². The standard InChI is InChI=1S/C14H23NO2S/c1-3-4-5-6-7-11-18(16,17)14-10-8-9-13(15)12(14)2/h8-10H,3-7,11,15H2,1-2H3. The Morgan fingerprint density at radius 2 is 1.78 bits per heavy atom. The second-order valence-electron chi connectivity index (χ2n) is 4.70. The van der Waals surface area contributed by atoms with Gasteiger partial charge in [0.15, 0.2) is 9.84 Å². The van der Waals surface area contributed by atoms with Gasteiger partial charge in [0, 0.05) is 5.69 Å². The molecule has 0 aliphatic carbocycles. The van der Waals surface area contributed by atoms with Gasteiger partial charge < -0.3 is 5.73 Å². The summed E-state index contributed by atoms with van der Waals surface area (Å²) in [6.45, 7) is 3.91. The summed E-state index contributed by atoms with van der Waals surface area (Å²) >= 11 is 0. The van der Waals surface area contributed by atoms with Gasteiger partial charge in [0.25, 0.3) is 0 Å². The summed E-state index contributed by atoms with van der Waals surface area (Å²) in [5.74, 6) is 0.223. The van der Waals surface area contributed by atoms with Crippen LogP contribution in [0.2, 0.25) is 0 Å². The molecule has 0 bridgehead atoms. The average molecular weight is 269 g/mol. The summed E-state index contributed by atoms with van der Waals surface area (Å²) in [5.41, 5.74) is 6.96. The number of benzene rings is 1. The first-order chi connectivity index (χ1) is 8.49. The van der Waals surface area contributed by atoms with Crippen LogP contribution in [0.3, 0.4) is 0 Å². The first-order valence-electron chi connectivity index (χ1n) is 6.57. The molecule has 1 aromatic carbocycles. The SMILES string of the molecule is CCCCCCCS(=O)(=O)c1cccc(N)c1C. The molecule has 0 aromatic heterocycles. The summed E-state index contributed by atoms with van der Waals surface area (Å²) in [5, 5.41) is 0. The summed E-state index contributed by atoms with van der Waals surface area (Å²) in [6.07, 6.45) is 5.17. The first kappa shape index (κ1) is 15.0. The van der Waals surface area contributed by atoms with Crippen molar-refractivity contribution < 1.29 is 8.42 Å². The van der Waals surface area contributed by atoms with E-state index in [4.69, 9.17) is 5.73 Å². The third kappa shape index (κ3) is 4.02. The fourth-order valence-electron chi connectivity index (χ4n) is 1.97. The molecule has 0 amide bonds. The molecule has 0 saturated heterocycles. The van der Waals surface area contributed by atoms with Crippen LogP contribution in [0.5, 0.6) is 0 Å². The number of unbranched alkanes of at least 4 members (excludes halogenated alkanes) is 4. The maximum atomic E-state index is 12.2. The molecule has 102 valence electrons. The highest BCUT2D eigenvalue weighted by molar-refractivity contribution is 7.91. The molecule has 3 nitrogen and oxygen atoms in total. The van der Waals surface area contributed by atoms with Crippen molar-refractivity contribution in [2.45, 2.75) is 50.8 Å². The quantitative estimate of drug-likeness (QED) is 0.610. The molecular weight excluding hydrogens is 246 g/mol. The molecule has 1 rings (SSSR count). The number of hydrogen-bond acceptors (Lipinski definition) is 3. The van der Waals surface area contributed by atoms with Crippen LogP contribution in [0.4, 0.5) is 5.69 Å². The van der Waals surface area contributed by atoms with Gasteiger partial charge in [-0.2, -0.15) is 0 Å². The highest BCUT2D eigenvalue weighted by Gasteiger charge is 2.17. The van der Waals surface area contributed by atoms with Crippen molar-refractivity contribution in [2.75, 3.05) is 11.5 Å². The summed E-state index contributed by atoms with van der Waals surface area (Å²) < 4.78 is 24.4. The highest BCUT2D eigenvalue weighted by atomic mass is 32.2. The Balaban J connectivity index is 2.66. The lowest BCUT2D eigenvalue weighted by molar-refractivity contribution is 0.586. The second-order valence-corrected chi connectivity index (χ2v) is 6.78. The summed E-state index contributed by atoms with van der Waals surface area (Å²) in [4.78, 5) is 0.387. The summed E-state index contributed by atoms with van der Waals surface area (Å²) in [7, 11) is -3.18. The Morgan fingerprint density at radius 1 is 1.11 bits per heavy atom. The molecule has 18 heavy (non-hydrogen) atoms. The third-order valence-electron chi connectivity index (χ3n) is 3.18. The van der Waals surface area contributed by atoms with E-state index in [9.17, 15) is 8.42 Å². The van der Waals surface area contributed by atoms with Crippen molar-refractivity contribution in [1.82, 2.24) is 0 Å². The smallest absolute Gasteiger partial charge is 0.178 e. The van der Waals surface area contributed by atoms with Crippen LogP contribution >= 0.6 is 0 Å². The minimum atomic E-state index is -3.18. The van der Waals surface area contributed by atoms with Crippen molar-refractivity contribution in [3.05, 3.63) is 23.8 Å². The number of rotatable bonds is 7. The third-order valence-corrected chi connectivity index (χ3v) is 5.12. The molecule has 0 unspecified atom stereocenters. The maximum absolute atomic E-state index is 12.2. The topological polar surface area (TPSA) is 60.2 Å². The molecule has 0 fully saturated rings. The average Bonchev–Trinajstić information content (AvgIpc) is 2.32. The van der Waals surface area contributed by atoms with E-state index in [-0.39, 0.29) is 5.75 Å². The van der Waals surface area contributed by atoms with Gasteiger partial charge in [-0.1, -0.05) is 38.7 Å². The van der Waals surface area contributed by atoms with E-state index in [1.807, 2.05) is 0 Å². The van der Waals surface area contributed by atoms with Gasteiger partial charge in [0.2, 0.25) is 0 Å². The predicted molar refractivity (Wildman–Crippen MR) is 76.4 cm³/mol. The molecular formula is C14H23NO2S. The van der Waals surface area contributed by atoms with Crippen LogP contribution in [-0.4, -0.2) is 14.2 Å². The van der Waals surface area contributed by atoms with Crippen molar-refractivity contribution in [3.8, 4) is 0 Å². The number of nitrogens with two attached hydrogens (primary N) is 1. The fourth-order valence-corrected chi connectivity index (χ4v) is 3.65. The molecule has 0 spiro atoms. The summed E-state index contributed by atoms with van der Waals surface area (Å²) in [6, 6.07) is 5.08. The fraction of sp³-hybridized carbons (Fsp3) is 0.571. The number of anilines is 1. The molecule has 0 radical (unpaired) electrons. The van der Waals surface area contributed by atoms with E-state index in [1.54, 1.807) is 25.1 Å². The van der Waals surface area contributed by atoms with Gasteiger partial charge in [-0.3, -0.25) is 0 Å². The Morgan fingerprint density at radius 3 is 2.44 bits per heavy atom. The Hall–Kier alpha value is -1.03. The Kier molecular flexibility index (Phi) is 5.66. The van der Waals surface area contributed by atoms with E-state index in [2.05, 4.69) is 6.92 Å². The van der Waals surface area contributed by atoms with Gasteiger partial charge in [-0.05, 0) is 31.0 Å². The van der Waals surface area contributed by atoms with Crippen LogP contribution < -0.4 is 5.73 Å². The van der Waals surface area contributed by atoms with Crippen LogP contribution in [0.15, 0.2) is 23.1 Å². The van der Waals surface area contributed by atoms with Crippen molar-refractivity contribution in [2.24, 2.45) is 0 Å². The van der Waals surface area contributed by atoms with E-state index in [0.29, 0.717) is 16.1 Å². The normalized spacial score (nSPS) is 11.7. The van der Waals surface area contributed by atoms with Gasteiger partial charge >= 0.3 is 0 Å². The van der Waals surface area contributed by atoms with Crippen molar-refractivity contribution in [1.29, 1.82) is 0 Å². The zero-order chi connectivity index (χ0) is 13.6.